The topological polar surface area (TPSA) is 63.3 Å². The smallest absolute Gasteiger partial charge is 1.00 e. The van der Waals surface area contributed by atoms with E-state index in [-0.39, 0.29) is 31.0 Å². The number of hydrogen-bond donors (Lipinski definition) is 2. The van der Waals surface area contributed by atoms with Crippen molar-refractivity contribution < 1.29 is 40.9 Å². The van der Waals surface area contributed by atoms with Crippen LogP contribution in [0.5, 0.6) is 0 Å². The van der Waals surface area contributed by atoms with E-state index in [1.165, 1.54) is 0 Å². The zero-order valence-electron chi connectivity index (χ0n) is 7.33. The van der Waals surface area contributed by atoms with E-state index in [4.69, 9.17) is 10.8 Å². The largest absolute Gasteiger partial charge is 1.00 e. The minimum atomic E-state index is -0.890. The van der Waals surface area contributed by atoms with Crippen LogP contribution in [-0.2, 0) is 4.79 Å². The molecule has 0 amide bonds. The van der Waals surface area contributed by atoms with Gasteiger partial charge in [-0.25, -0.2) is 0 Å². The fraction of sp³-hybridized carbons (Fsp3) is 0.800. The molecule has 1 atom stereocenters. The molecule has 0 radical (unpaired) electrons. The van der Waals surface area contributed by atoms with Crippen molar-refractivity contribution in [1.82, 2.24) is 0 Å². The summed E-state index contributed by atoms with van der Waals surface area (Å²) >= 11 is 0.549. The van der Waals surface area contributed by atoms with Crippen molar-refractivity contribution in [1.29, 1.82) is 0 Å². The summed E-state index contributed by atoms with van der Waals surface area (Å²) < 4.78 is 0. The normalized spacial score (nSPS) is 11.8. The fourth-order valence-electron chi connectivity index (χ4n) is 0.368. The van der Waals surface area contributed by atoms with Crippen molar-refractivity contribution in [3.63, 3.8) is 0 Å². The first kappa shape index (κ1) is 13.5. The molecule has 0 aromatic heterocycles. The molecule has 0 aliphatic carbocycles. The third-order valence-electron chi connectivity index (χ3n) is 0.950. The van der Waals surface area contributed by atoms with E-state index in [1.54, 1.807) is 0 Å². The van der Waals surface area contributed by atoms with Crippen molar-refractivity contribution in [2.45, 2.75) is 23.6 Å². The zero-order valence-corrected chi connectivity index (χ0v) is 10.0. The fourth-order valence-corrected chi connectivity index (χ4v) is 1.40. The van der Waals surface area contributed by atoms with Crippen LogP contribution in [0.15, 0.2) is 0 Å². The predicted molar refractivity (Wildman–Crippen MR) is 37.8 cm³/mol. The summed E-state index contributed by atoms with van der Waals surface area (Å²) in [6, 6.07) is -0.646. The van der Waals surface area contributed by atoms with Crippen molar-refractivity contribution in [2.75, 3.05) is 0 Å². The Morgan fingerprint density at radius 3 is 2.70 bits per heavy atom. The van der Waals surface area contributed by atoms with E-state index < -0.39 is 12.0 Å². The molecule has 0 saturated heterocycles. The molecule has 0 aliphatic heterocycles. The molecule has 0 fully saturated rings. The minimum Gasteiger partial charge on any atom is -1.00 e. The second kappa shape index (κ2) is 8.05. The van der Waals surface area contributed by atoms with Gasteiger partial charge in [-0.1, -0.05) is 0 Å². The van der Waals surface area contributed by atoms with Gasteiger partial charge in [-0.15, -0.1) is 0 Å². The Kier molecular flexibility index (Phi) is 10.9. The van der Waals surface area contributed by atoms with Gasteiger partial charge in [0.05, 0.1) is 0 Å². The molecule has 0 aromatic rings. The number of carboxylic acids is 1. The third-order valence-corrected chi connectivity index (χ3v) is 2.30. The van der Waals surface area contributed by atoms with Crippen LogP contribution >= 0.6 is 0 Å². The maximum Gasteiger partial charge on any atom is 1.00 e. The van der Waals surface area contributed by atoms with Crippen molar-refractivity contribution in [3.05, 3.63) is 0 Å². The van der Waals surface area contributed by atoms with Crippen LogP contribution < -0.4 is 35.3 Å². The first-order chi connectivity index (χ1) is 4.18. The van der Waals surface area contributed by atoms with Gasteiger partial charge in [-0.3, -0.25) is 0 Å². The van der Waals surface area contributed by atoms with Crippen LogP contribution in [0.4, 0.5) is 0 Å². The summed E-state index contributed by atoms with van der Waals surface area (Å²) in [6.45, 7) is 0. The van der Waals surface area contributed by atoms with Gasteiger partial charge in [0, 0.05) is 0 Å². The summed E-state index contributed by atoms with van der Waals surface area (Å²) in [5.74, 6) is 1.18. The zero-order chi connectivity index (χ0) is 7.28. The molecule has 0 heterocycles. The van der Waals surface area contributed by atoms with Gasteiger partial charge < -0.3 is 1.43 Å². The Balaban J connectivity index is -0.000000320. The third kappa shape index (κ3) is 7.06. The van der Waals surface area contributed by atoms with Gasteiger partial charge in [0.1, 0.15) is 0 Å². The maximum absolute atomic E-state index is 10.1. The van der Waals surface area contributed by atoms with Gasteiger partial charge in [-0.05, 0) is 0 Å². The summed E-state index contributed by atoms with van der Waals surface area (Å²) in [5, 5.41) is 9.25. The number of aliphatic carboxylic acids is 1. The number of rotatable bonds is 4. The van der Waals surface area contributed by atoms with E-state index in [2.05, 4.69) is 5.82 Å². The minimum absolute atomic E-state index is 0. The van der Waals surface area contributed by atoms with Gasteiger partial charge in [0.15, 0.2) is 0 Å². The molecule has 56 valence electrons. The standard InChI is InChI=1S/C5H11NO2Se.Na.H/c1-9-3-2-4(6)5(7)8;;/h4H,2-3,6H2,1H3,(H,7,8);;/q;+1;-1/t4-;;/m0../s1. The molecule has 5 heteroatoms. The maximum atomic E-state index is 10.1. The van der Waals surface area contributed by atoms with E-state index in [9.17, 15) is 4.79 Å². The Morgan fingerprint density at radius 1 is 1.90 bits per heavy atom. The molecule has 0 saturated carbocycles. The number of carboxylic acid groups (broad SMARTS) is 1. The van der Waals surface area contributed by atoms with Gasteiger partial charge in [-0.2, -0.15) is 0 Å². The van der Waals surface area contributed by atoms with E-state index in [0.29, 0.717) is 21.4 Å². The average molecular weight is 220 g/mol. The van der Waals surface area contributed by atoms with Crippen LogP contribution in [0.3, 0.4) is 0 Å². The molecule has 0 aliphatic rings. The molecule has 3 N–H and O–H groups in total. The SMILES string of the molecule is C[Se]CC[C@H](N)C(=O)O.[H-].[Na+]. The van der Waals surface area contributed by atoms with Crippen LogP contribution in [0.1, 0.15) is 7.85 Å². The Morgan fingerprint density at radius 2 is 2.40 bits per heavy atom. The Bertz CT molecular complexity index is 106. The quantitative estimate of drug-likeness (QED) is 0.499. The summed E-state index contributed by atoms with van der Waals surface area (Å²) in [4.78, 5) is 10.1. The summed E-state index contributed by atoms with van der Waals surface area (Å²) in [6.07, 6.45) is 0.617. The second-order valence-corrected chi connectivity index (χ2v) is 3.79. The van der Waals surface area contributed by atoms with Gasteiger partial charge in [0.25, 0.3) is 0 Å². The van der Waals surface area contributed by atoms with Crippen molar-refractivity contribution in [3.8, 4) is 0 Å². The molecular formula is C5H12NNaO2Se. The average Bonchev–Trinajstić information content (AvgIpc) is 1.82. The molecule has 0 bridgehead atoms. The summed E-state index contributed by atoms with van der Waals surface area (Å²) in [5.41, 5.74) is 5.21. The van der Waals surface area contributed by atoms with Crippen molar-refractivity contribution in [2.24, 2.45) is 5.73 Å². The van der Waals surface area contributed by atoms with E-state index >= 15 is 0 Å². The first-order valence-corrected chi connectivity index (χ1v) is 5.58. The van der Waals surface area contributed by atoms with Gasteiger partial charge >= 0.3 is 89.7 Å². The van der Waals surface area contributed by atoms with E-state index in [0.717, 1.165) is 5.32 Å². The van der Waals surface area contributed by atoms with Crippen LogP contribution in [0.2, 0.25) is 11.1 Å². The van der Waals surface area contributed by atoms with Crippen LogP contribution in [0, 0.1) is 0 Å². The molecule has 0 unspecified atom stereocenters. The molecule has 0 spiro atoms. The van der Waals surface area contributed by atoms with Crippen LogP contribution in [-0.4, -0.2) is 32.1 Å². The molecule has 3 nitrogen and oxygen atoms in total. The number of nitrogens with two attached hydrogens (primary N) is 1. The molecule has 0 aromatic carbocycles. The Hall–Kier alpha value is 0.949. The van der Waals surface area contributed by atoms with E-state index in [1.807, 2.05) is 0 Å². The van der Waals surface area contributed by atoms with Crippen molar-refractivity contribution >= 4 is 20.9 Å². The monoisotopic (exact) mass is 221 g/mol. The number of hydrogen-bond acceptors (Lipinski definition) is 2. The first-order valence-electron chi connectivity index (χ1n) is 2.65. The van der Waals surface area contributed by atoms with Gasteiger partial charge in [0.2, 0.25) is 0 Å². The molecule has 0 rings (SSSR count). The predicted octanol–water partition coefficient (Wildman–Crippen LogP) is -2.92. The number of carbonyl (C=O) groups is 1. The van der Waals surface area contributed by atoms with Crippen LogP contribution in [0.25, 0.3) is 0 Å². The molecular weight excluding hydrogens is 208 g/mol. The Labute approximate surface area is 90.7 Å². The second-order valence-electron chi connectivity index (χ2n) is 1.73. The molecule has 10 heavy (non-hydrogen) atoms. The summed E-state index contributed by atoms with van der Waals surface area (Å²) in [7, 11) is 0.